The standard InChI is InChI=1S/C16H15ClN2O/c1-12(14-8-10-18-11-9-14)19-16(20)7-4-13-2-5-15(17)6-3-13/h2-12H,1H3,(H,19,20). The normalized spacial score (nSPS) is 12.3. The zero-order valence-electron chi connectivity index (χ0n) is 11.1. The van der Waals surface area contributed by atoms with E-state index >= 15 is 0 Å². The number of benzene rings is 1. The lowest BCUT2D eigenvalue weighted by atomic mass is 10.1. The van der Waals surface area contributed by atoms with Crippen molar-refractivity contribution < 1.29 is 4.79 Å². The molecule has 3 nitrogen and oxygen atoms in total. The van der Waals surface area contributed by atoms with Crippen LogP contribution in [0.4, 0.5) is 0 Å². The van der Waals surface area contributed by atoms with Crippen LogP contribution in [-0.4, -0.2) is 10.9 Å². The highest BCUT2D eigenvalue weighted by molar-refractivity contribution is 6.30. The number of aromatic nitrogens is 1. The SMILES string of the molecule is CC(NC(=O)C=Cc1ccc(Cl)cc1)c1ccncc1. The molecule has 1 N–H and O–H groups in total. The third-order valence-corrected chi connectivity index (χ3v) is 3.11. The summed E-state index contributed by atoms with van der Waals surface area (Å²) in [6, 6.07) is 11.0. The number of carbonyl (C=O) groups excluding carboxylic acids is 1. The van der Waals surface area contributed by atoms with Gasteiger partial charge in [0.05, 0.1) is 6.04 Å². The van der Waals surface area contributed by atoms with E-state index in [1.54, 1.807) is 30.6 Å². The van der Waals surface area contributed by atoms with Crippen molar-refractivity contribution in [3.05, 3.63) is 71.0 Å². The molecule has 0 bridgehead atoms. The molecular weight excluding hydrogens is 272 g/mol. The third kappa shape index (κ3) is 4.21. The van der Waals surface area contributed by atoms with Crippen molar-refractivity contribution >= 4 is 23.6 Å². The Morgan fingerprint density at radius 2 is 1.85 bits per heavy atom. The van der Waals surface area contributed by atoms with Gasteiger partial charge in [-0.1, -0.05) is 23.7 Å². The summed E-state index contributed by atoms with van der Waals surface area (Å²) >= 11 is 5.80. The van der Waals surface area contributed by atoms with Crippen LogP contribution in [0.25, 0.3) is 6.08 Å². The molecule has 0 aliphatic heterocycles. The average molecular weight is 287 g/mol. The Kier molecular flexibility index (Phi) is 4.91. The van der Waals surface area contributed by atoms with Gasteiger partial charge in [0.1, 0.15) is 0 Å². The maximum atomic E-state index is 11.8. The van der Waals surface area contributed by atoms with Crippen molar-refractivity contribution in [2.24, 2.45) is 0 Å². The molecule has 0 spiro atoms. The molecule has 2 rings (SSSR count). The predicted octanol–water partition coefficient (Wildman–Crippen LogP) is 3.63. The lowest BCUT2D eigenvalue weighted by Gasteiger charge is -2.12. The summed E-state index contributed by atoms with van der Waals surface area (Å²) in [7, 11) is 0. The van der Waals surface area contributed by atoms with Crippen LogP contribution in [0.2, 0.25) is 5.02 Å². The second-order valence-electron chi connectivity index (χ2n) is 4.40. The van der Waals surface area contributed by atoms with E-state index in [1.165, 1.54) is 6.08 Å². The van der Waals surface area contributed by atoms with Gasteiger partial charge in [-0.15, -0.1) is 0 Å². The average Bonchev–Trinajstić information content (AvgIpc) is 2.47. The van der Waals surface area contributed by atoms with Crippen LogP contribution in [0, 0.1) is 0 Å². The fourth-order valence-electron chi connectivity index (χ4n) is 1.74. The van der Waals surface area contributed by atoms with Gasteiger partial charge >= 0.3 is 0 Å². The number of halogens is 1. The van der Waals surface area contributed by atoms with Crippen LogP contribution in [0.5, 0.6) is 0 Å². The summed E-state index contributed by atoms with van der Waals surface area (Å²) in [5.74, 6) is -0.135. The van der Waals surface area contributed by atoms with E-state index in [0.29, 0.717) is 5.02 Å². The van der Waals surface area contributed by atoms with Crippen LogP contribution in [-0.2, 0) is 4.79 Å². The van der Waals surface area contributed by atoms with Crippen molar-refractivity contribution in [1.82, 2.24) is 10.3 Å². The Balaban J connectivity index is 1.94. The first-order valence-electron chi connectivity index (χ1n) is 6.29. The molecule has 1 atom stereocenters. The molecule has 102 valence electrons. The Morgan fingerprint density at radius 3 is 2.50 bits per heavy atom. The van der Waals surface area contributed by atoms with Crippen molar-refractivity contribution in [2.75, 3.05) is 0 Å². The molecule has 1 heterocycles. The highest BCUT2D eigenvalue weighted by atomic mass is 35.5. The van der Waals surface area contributed by atoms with Gasteiger partial charge in [-0.2, -0.15) is 0 Å². The van der Waals surface area contributed by atoms with Gasteiger partial charge in [-0.05, 0) is 48.4 Å². The quantitative estimate of drug-likeness (QED) is 0.872. The molecule has 0 aliphatic rings. The highest BCUT2D eigenvalue weighted by Gasteiger charge is 2.06. The van der Waals surface area contributed by atoms with E-state index in [1.807, 2.05) is 31.2 Å². The number of rotatable bonds is 4. The lowest BCUT2D eigenvalue weighted by molar-refractivity contribution is -0.117. The number of nitrogens with one attached hydrogen (secondary N) is 1. The summed E-state index contributed by atoms with van der Waals surface area (Å²) in [6.07, 6.45) is 6.69. The maximum Gasteiger partial charge on any atom is 0.244 e. The van der Waals surface area contributed by atoms with Gasteiger partial charge in [0.25, 0.3) is 0 Å². The highest BCUT2D eigenvalue weighted by Crippen LogP contribution is 2.12. The van der Waals surface area contributed by atoms with Gasteiger partial charge in [0, 0.05) is 23.5 Å². The van der Waals surface area contributed by atoms with Crippen molar-refractivity contribution in [3.63, 3.8) is 0 Å². The van der Waals surface area contributed by atoms with Crippen LogP contribution in [0.15, 0.2) is 54.9 Å². The van der Waals surface area contributed by atoms with E-state index in [4.69, 9.17) is 11.6 Å². The van der Waals surface area contributed by atoms with Gasteiger partial charge in [-0.3, -0.25) is 9.78 Å². The monoisotopic (exact) mass is 286 g/mol. The number of hydrogen-bond donors (Lipinski definition) is 1. The van der Waals surface area contributed by atoms with E-state index in [-0.39, 0.29) is 11.9 Å². The Hall–Kier alpha value is -2.13. The molecule has 2 aromatic rings. The second kappa shape index (κ2) is 6.87. The molecular formula is C16H15ClN2O. The molecule has 1 aromatic heterocycles. The predicted molar refractivity (Wildman–Crippen MR) is 81.3 cm³/mol. The molecule has 20 heavy (non-hydrogen) atoms. The molecule has 1 aromatic carbocycles. The molecule has 4 heteroatoms. The Labute approximate surface area is 123 Å². The summed E-state index contributed by atoms with van der Waals surface area (Å²) < 4.78 is 0. The number of nitrogens with zero attached hydrogens (tertiary/aromatic N) is 1. The van der Waals surface area contributed by atoms with E-state index in [0.717, 1.165) is 11.1 Å². The topological polar surface area (TPSA) is 42.0 Å². The van der Waals surface area contributed by atoms with E-state index in [9.17, 15) is 4.79 Å². The van der Waals surface area contributed by atoms with E-state index in [2.05, 4.69) is 10.3 Å². The number of hydrogen-bond acceptors (Lipinski definition) is 2. The number of amides is 1. The largest absolute Gasteiger partial charge is 0.346 e. The summed E-state index contributed by atoms with van der Waals surface area (Å²) in [5.41, 5.74) is 1.95. The van der Waals surface area contributed by atoms with Gasteiger partial charge in [0.15, 0.2) is 0 Å². The Morgan fingerprint density at radius 1 is 1.20 bits per heavy atom. The fourth-order valence-corrected chi connectivity index (χ4v) is 1.87. The van der Waals surface area contributed by atoms with Crippen molar-refractivity contribution in [3.8, 4) is 0 Å². The molecule has 0 saturated heterocycles. The number of carbonyl (C=O) groups is 1. The lowest BCUT2D eigenvalue weighted by Crippen LogP contribution is -2.24. The van der Waals surface area contributed by atoms with Gasteiger partial charge in [0.2, 0.25) is 5.91 Å². The van der Waals surface area contributed by atoms with Crippen LogP contribution >= 0.6 is 11.6 Å². The minimum Gasteiger partial charge on any atom is -0.346 e. The third-order valence-electron chi connectivity index (χ3n) is 2.86. The molecule has 0 aliphatic carbocycles. The first-order chi connectivity index (χ1) is 9.65. The fraction of sp³-hybridized carbons (Fsp3) is 0.125. The minimum atomic E-state index is -0.135. The first-order valence-corrected chi connectivity index (χ1v) is 6.67. The van der Waals surface area contributed by atoms with Crippen LogP contribution in [0.1, 0.15) is 24.1 Å². The zero-order valence-corrected chi connectivity index (χ0v) is 11.8. The molecule has 1 unspecified atom stereocenters. The van der Waals surface area contributed by atoms with E-state index < -0.39 is 0 Å². The molecule has 0 radical (unpaired) electrons. The van der Waals surface area contributed by atoms with Gasteiger partial charge in [-0.25, -0.2) is 0 Å². The Bertz CT molecular complexity index is 594. The summed E-state index contributed by atoms with van der Waals surface area (Å²) in [5, 5.41) is 3.58. The molecule has 0 fully saturated rings. The number of pyridine rings is 1. The van der Waals surface area contributed by atoms with Crippen molar-refractivity contribution in [1.29, 1.82) is 0 Å². The summed E-state index contributed by atoms with van der Waals surface area (Å²) in [4.78, 5) is 15.8. The maximum absolute atomic E-state index is 11.8. The minimum absolute atomic E-state index is 0.0552. The van der Waals surface area contributed by atoms with Gasteiger partial charge < -0.3 is 5.32 Å². The first kappa shape index (κ1) is 14.3. The van der Waals surface area contributed by atoms with Crippen LogP contribution < -0.4 is 5.32 Å². The van der Waals surface area contributed by atoms with Crippen LogP contribution in [0.3, 0.4) is 0 Å². The molecule has 0 saturated carbocycles. The molecule has 1 amide bonds. The smallest absolute Gasteiger partial charge is 0.244 e. The summed E-state index contributed by atoms with van der Waals surface area (Å²) in [6.45, 7) is 1.93. The second-order valence-corrected chi connectivity index (χ2v) is 4.83. The zero-order chi connectivity index (χ0) is 14.4. The van der Waals surface area contributed by atoms with Crippen molar-refractivity contribution in [2.45, 2.75) is 13.0 Å².